The molecule has 0 unspecified atom stereocenters. The number of anilines is 2. The minimum atomic E-state index is 0.762. The molecule has 2 heterocycles. The van der Waals surface area contributed by atoms with E-state index in [0.29, 0.717) is 0 Å². The van der Waals surface area contributed by atoms with Crippen molar-refractivity contribution >= 4 is 32.4 Å². The number of nitrogens with one attached hydrogen (secondary N) is 1. The zero-order valence-electron chi connectivity index (χ0n) is 9.58. The van der Waals surface area contributed by atoms with E-state index in [1.54, 1.807) is 22.2 Å². The Balaban J connectivity index is 1.67. The van der Waals surface area contributed by atoms with Gasteiger partial charge in [-0.05, 0) is 18.2 Å². The van der Waals surface area contributed by atoms with Crippen LogP contribution in [0.5, 0.6) is 0 Å². The first kappa shape index (κ1) is 11.0. The molecule has 3 aromatic rings. The lowest BCUT2D eigenvalue weighted by atomic mass is 10.3. The highest BCUT2D eigenvalue weighted by Crippen LogP contribution is 2.27. The summed E-state index contributed by atoms with van der Waals surface area (Å²) in [4.78, 5) is 4.48. The first-order valence-corrected chi connectivity index (χ1v) is 6.37. The van der Waals surface area contributed by atoms with Gasteiger partial charge in [-0.25, -0.2) is 4.98 Å². The maximum atomic E-state index is 5.74. The Morgan fingerprint density at radius 1 is 1.39 bits per heavy atom. The summed E-state index contributed by atoms with van der Waals surface area (Å²) >= 11 is 1.60. The average Bonchev–Trinajstić information content (AvgIpc) is 2.97. The van der Waals surface area contributed by atoms with Crippen LogP contribution in [0.15, 0.2) is 30.6 Å². The molecule has 0 aliphatic rings. The molecule has 0 amide bonds. The van der Waals surface area contributed by atoms with Gasteiger partial charge in [-0.2, -0.15) is 0 Å². The molecule has 0 aliphatic carbocycles. The number of hydrogen-bond donors (Lipinski definition) is 2. The van der Waals surface area contributed by atoms with Gasteiger partial charge >= 0.3 is 0 Å². The molecule has 0 bridgehead atoms. The van der Waals surface area contributed by atoms with Gasteiger partial charge in [0.2, 0.25) is 0 Å². The number of hydrogen-bond acceptors (Lipinski definition) is 6. The molecule has 0 spiro atoms. The molecule has 7 heteroatoms. The number of nitrogens with two attached hydrogens (primary N) is 1. The number of thiazole rings is 1. The molecule has 92 valence electrons. The molecule has 0 radical (unpaired) electrons. The Kier molecular flexibility index (Phi) is 2.81. The van der Waals surface area contributed by atoms with Crippen molar-refractivity contribution in [1.29, 1.82) is 0 Å². The fraction of sp³-hybridized carbons (Fsp3) is 0.182. The molecular formula is C11H12N6S. The summed E-state index contributed by atoms with van der Waals surface area (Å²) in [5.74, 6) is 0. The maximum absolute atomic E-state index is 5.74. The Labute approximate surface area is 107 Å². The predicted octanol–water partition coefficient (Wildman–Crippen LogP) is 1.58. The first-order valence-electron chi connectivity index (χ1n) is 5.55. The van der Waals surface area contributed by atoms with Gasteiger partial charge in [-0.3, -0.25) is 4.68 Å². The molecule has 0 atom stereocenters. The first-order chi connectivity index (χ1) is 8.81. The van der Waals surface area contributed by atoms with E-state index in [9.17, 15) is 0 Å². The minimum absolute atomic E-state index is 0.762. The van der Waals surface area contributed by atoms with E-state index in [1.165, 1.54) is 0 Å². The maximum Gasteiger partial charge on any atom is 0.183 e. The highest BCUT2D eigenvalue weighted by Gasteiger charge is 2.03. The van der Waals surface area contributed by atoms with Crippen LogP contribution in [0.3, 0.4) is 0 Å². The number of fused-ring (bicyclic) bond motifs is 1. The molecule has 0 saturated carbocycles. The molecule has 1 aromatic carbocycles. The van der Waals surface area contributed by atoms with Crippen LogP contribution in [0.4, 0.5) is 10.8 Å². The number of aromatic nitrogens is 4. The van der Waals surface area contributed by atoms with Gasteiger partial charge in [0.1, 0.15) is 0 Å². The van der Waals surface area contributed by atoms with Crippen LogP contribution in [0.2, 0.25) is 0 Å². The van der Waals surface area contributed by atoms with Gasteiger partial charge in [0.05, 0.1) is 23.0 Å². The molecule has 0 aliphatic heterocycles. The van der Waals surface area contributed by atoms with Crippen LogP contribution in [-0.2, 0) is 6.54 Å². The molecular weight excluding hydrogens is 248 g/mol. The van der Waals surface area contributed by atoms with Crippen LogP contribution >= 0.6 is 11.3 Å². The largest absolute Gasteiger partial charge is 0.399 e. The third-order valence-electron chi connectivity index (χ3n) is 2.50. The van der Waals surface area contributed by atoms with E-state index in [0.717, 1.165) is 34.1 Å². The summed E-state index contributed by atoms with van der Waals surface area (Å²) in [5.41, 5.74) is 7.47. The Morgan fingerprint density at radius 2 is 2.33 bits per heavy atom. The number of rotatable bonds is 4. The fourth-order valence-corrected chi connectivity index (χ4v) is 2.59. The molecule has 3 N–H and O–H groups in total. The summed E-state index contributed by atoms with van der Waals surface area (Å²) in [5, 5.41) is 11.8. The zero-order valence-corrected chi connectivity index (χ0v) is 10.4. The second-order valence-corrected chi connectivity index (χ2v) is 4.87. The SMILES string of the molecule is Nc1ccc2nc(NCCn3ccnn3)sc2c1. The average molecular weight is 260 g/mol. The highest BCUT2D eigenvalue weighted by molar-refractivity contribution is 7.22. The van der Waals surface area contributed by atoms with Crippen LogP contribution in [0.1, 0.15) is 0 Å². The standard InChI is InChI=1S/C11H12N6S/c12-8-1-2-9-10(7-8)18-11(15-9)13-3-5-17-6-4-14-16-17/h1-2,4,6-7H,3,5,12H2,(H,13,15). The van der Waals surface area contributed by atoms with Crippen molar-refractivity contribution in [2.45, 2.75) is 6.54 Å². The predicted molar refractivity (Wildman–Crippen MR) is 72.5 cm³/mol. The highest BCUT2D eigenvalue weighted by atomic mass is 32.1. The second-order valence-electron chi connectivity index (χ2n) is 3.84. The van der Waals surface area contributed by atoms with Crippen molar-refractivity contribution in [3.63, 3.8) is 0 Å². The van der Waals surface area contributed by atoms with Gasteiger partial charge < -0.3 is 11.1 Å². The van der Waals surface area contributed by atoms with E-state index in [4.69, 9.17) is 5.73 Å². The second kappa shape index (κ2) is 4.61. The molecule has 18 heavy (non-hydrogen) atoms. The van der Waals surface area contributed by atoms with Crippen molar-refractivity contribution < 1.29 is 0 Å². The van der Waals surface area contributed by atoms with Crippen LogP contribution in [0, 0.1) is 0 Å². The van der Waals surface area contributed by atoms with E-state index >= 15 is 0 Å². The molecule has 2 aromatic heterocycles. The van der Waals surface area contributed by atoms with Crippen LogP contribution < -0.4 is 11.1 Å². The van der Waals surface area contributed by atoms with Gasteiger partial charge in [0.15, 0.2) is 5.13 Å². The molecule has 0 fully saturated rings. The van der Waals surface area contributed by atoms with Crippen molar-refractivity contribution in [3.05, 3.63) is 30.6 Å². The zero-order chi connectivity index (χ0) is 12.4. The lowest BCUT2D eigenvalue weighted by molar-refractivity contribution is 0.609. The van der Waals surface area contributed by atoms with E-state index in [2.05, 4.69) is 20.6 Å². The summed E-state index contributed by atoms with van der Waals surface area (Å²) in [6.45, 7) is 1.52. The minimum Gasteiger partial charge on any atom is -0.399 e. The van der Waals surface area contributed by atoms with Gasteiger partial charge in [0, 0.05) is 18.4 Å². The summed E-state index contributed by atoms with van der Waals surface area (Å²) in [7, 11) is 0. The third kappa shape index (κ3) is 2.25. The van der Waals surface area contributed by atoms with Crippen LogP contribution in [0.25, 0.3) is 10.2 Å². The fourth-order valence-electron chi connectivity index (χ4n) is 1.65. The van der Waals surface area contributed by atoms with Crippen molar-refractivity contribution in [1.82, 2.24) is 20.0 Å². The van der Waals surface area contributed by atoms with Gasteiger partial charge in [0.25, 0.3) is 0 Å². The third-order valence-corrected chi connectivity index (χ3v) is 3.48. The van der Waals surface area contributed by atoms with Gasteiger partial charge in [-0.15, -0.1) is 5.10 Å². The smallest absolute Gasteiger partial charge is 0.183 e. The number of nitrogen functional groups attached to an aromatic ring is 1. The summed E-state index contributed by atoms with van der Waals surface area (Å²) in [6, 6.07) is 5.74. The van der Waals surface area contributed by atoms with Crippen molar-refractivity contribution in [3.8, 4) is 0 Å². The Morgan fingerprint density at radius 3 is 3.17 bits per heavy atom. The van der Waals surface area contributed by atoms with Crippen LogP contribution in [-0.4, -0.2) is 26.5 Å². The molecule has 0 saturated heterocycles. The monoisotopic (exact) mass is 260 g/mol. The van der Waals surface area contributed by atoms with Crippen molar-refractivity contribution in [2.24, 2.45) is 0 Å². The number of benzene rings is 1. The van der Waals surface area contributed by atoms with Gasteiger partial charge in [-0.1, -0.05) is 16.6 Å². The molecule has 6 nitrogen and oxygen atoms in total. The summed E-state index contributed by atoms with van der Waals surface area (Å²) in [6.07, 6.45) is 3.50. The molecule has 3 rings (SSSR count). The summed E-state index contributed by atoms with van der Waals surface area (Å²) < 4.78 is 2.87. The van der Waals surface area contributed by atoms with Crippen molar-refractivity contribution in [2.75, 3.05) is 17.6 Å². The lowest BCUT2D eigenvalue weighted by Gasteiger charge is -2.01. The lowest BCUT2D eigenvalue weighted by Crippen LogP contribution is -2.10. The topological polar surface area (TPSA) is 81.6 Å². The Bertz CT molecular complexity index is 645. The normalized spacial score (nSPS) is 10.9. The van der Waals surface area contributed by atoms with E-state index in [-0.39, 0.29) is 0 Å². The number of nitrogens with zero attached hydrogens (tertiary/aromatic N) is 4. The quantitative estimate of drug-likeness (QED) is 0.696. The van der Waals surface area contributed by atoms with E-state index < -0.39 is 0 Å². The Hall–Kier alpha value is -2.15. The van der Waals surface area contributed by atoms with E-state index in [1.807, 2.05) is 24.4 Å².